The van der Waals surface area contributed by atoms with E-state index in [4.69, 9.17) is 9.36 Å². The third-order valence-electron chi connectivity index (χ3n) is 2.81. The molecule has 8 heteroatoms. The predicted octanol–water partition coefficient (Wildman–Crippen LogP) is 3.22. The molecule has 0 unspecified atom stereocenters. The third-order valence-corrected chi connectivity index (χ3v) is 2.81. The van der Waals surface area contributed by atoms with Crippen LogP contribution in [0.1, 0.15) is 23.7 Å². The lowest BCUT2D eigenvalue weighted by Gasteiger charge is -2.06. The zero-order chi connectivity index (χ0) is 16.2. The Balaban J connectivity index is 2.38. The molecule has 2 rings (SSSR count). The van der Waals surface area contributed by atoms with Gasteiger partial charge in [0.15, 0.2) is 5.76 Å². The molecular weight excluding hydrogens is 301 g/mol. The Kier molecular flexibility index (Phi) is 4.81. The first-order chi connectivity index (χ1) is 10.5. The molecule has 0 bridgehead atoms. The Hall–Kier alpha value is -2.35. The van der Waals surface area contributed by atoms with Crippen molar-refractivity contribution in [3.8, 4) is 11.3 Å². The molecule has 0 radical (unpaired) electrons. The van der Waals surface area contributed by atoms with Crippen molar-refractivity contribution in [3.63, 3.8) is 0 Å². The van der Waals surface area contributed by atoms with Gasteiger partial charge in [0, 0.05) is 5.56 Å². The molecule has 0 atom stereocenters. The molecule has 2 aromatic rings. The van der Waals surface area contributed by atoms with E-state index in [-0.39, 0.29) is 11.5 Å². The summed E-state index contributed by atoms with van der Waals surface area (Å²) < 4.78 is 42.8. The molecule has 0 aliphatic carbocycles. The maximum Gasteiger partial charge on any atom is 0.416 e. The van der Waals surface area contributed by atoms with Crippen molar-refractivity contribution >= 4 is 6.21 Å². The van der Waals surface area contributed by atoms with Gasteiger partial charge >= 0.3 is 6.18 Å². The monoisotopic (exact) mass is 314 g/mol. The normalized spacial score (nSPS) is 12.0. The molecule has 1 aromatic carbocycles. The van der Waals surface area contributed by atoms with Gasteiger partial charge in [-0.25, -0.2) is 0 Å². The van der Waals surface area contributed by atoms with Gasteiger partial charge in [0.2, 0.25) is 0 Å². The number of aromatic nitrogens is 1. The minimum absolute atomic E-state index is 0.209. The van der Waals surface area contributed by atoms with Crippen LogP contribution in [0.4, 0.5) is 13.2 Å². The van der Waals surface area contributed by atoms with Gasteiger partial charge < -0.3 is 14.5 Å². The van der Waals surface area contributed by atoms with Gasteiger partial charge in [-0.3, -0.25) is 0 Å². The Bertz CT molecular complexity index is 648. The number of rotatable bonds is 5. The van der Waals surface area contributed by atoms with E-state index in [1.807, 2.05) is 0 Å². The van der Waals surface area contributed by atoms with E-state index in [1.54, 1.807) is 6.92 Å². The highest BCUT2D eigenvalue weighted by molar-refractivity contribution is 5.89. The summed E-state index contributed by atoms with van der Waals surface area (Å²) >= 11 is 0. The summed E-state index contributed by atoms with van der Waals surface area (Å²) in [5.41, 5.74) is 0.204. The zero-order valence-electron chi connectivity index (χ0n) is 11.6. The van der Waals surface area contributed by atoms with Crippen LogP contribution >= 0.6 is 0 Å². The van der Waals surface area contributed by atoms with Crippen molar-refractivity contribution in [2.24, 2.45) is 5.16 Å². The first-order valence-electron chi connectivity index (χ1n) is 6.39. The summed E-state index contributed by atoms with van der Waals surface area (Å²) in [5.74, 6) is 0.209. The van der Waals surface area contributed by atoms with E-state index in [2.05, 4.69) is 10.3 Å². The first kappa shape index (κ1) is 16.0. The van der Waals surface area contributed by atoms with Crippen molar-refractivity contribution in [1.82, 2.24) is 5.16 Å². The van der Waals surface area contributed by atoms with E-state index in [1.165, 1.54) is 18.3 Å². The average Bonchev–Trinajstić information content (AvgIpc) is 2.90. The van der Waals surface area contributed by atoms with E-state index in [0.717, 1.165) is 12.1 Å². The molecule has 1 aromatic heterocycles. The molecule has 1 heterocycles. The molecule has 1 N–H and O–H groups in total. The fraction of sp³-hybridized carbons (Fsp3) is 0.286. The number of hydrogen-bond donors (Lipinski definition) is 1. The highest BCUT2D eigenvalue weighted by atomic mass is 19.4. The summed E-state index contributed by atoms with van der Waals surface area (Å²) in [5, 5.41) is 16.5. The van der Waals surface area contributed by atoms with Crippen LogP contribution in [0.2, 0.25) is 0 Å². The molecule has 0 spiro atoms. The van der Waals surface area contributed by atoms with Crippen LogP contribution in [-0.4, -0.2) is 23.1 Å². The van der Waals surface area contributed by atoms with Crippen molar-refractivity contribution in [2.45, 2.75) is 19.7 Å². The van der Waals surface area contributed by atoms with Gasteiger partial charge in [0.05, 0.1) is 23.9 Å². The lowest BCUT2D eigenvalue weighted by Crippen LogP contribution is -2.04. The molecule has 0 aliphatic heterocycles. The molecule has 0 aliphatic rings. The maximum absolute atomic E-state index is 12.6. The number of oxime groups is 1. The predicted molar refractivity (Wildman–Crippen MR) is 72.1 cm³/mol. The van der Waals surface area contributed by atoms with Gasteiger partial charge in [-0.15, -0.1) is 0 Å². The Morgan fingerprint density at radius 1 is 1.32 bits per heavy atom. The second kappa shape index (κ2) is 6.61. The summed E-state index contributed by atoms with van der Waals surface area (Å²) in [6.45, 7) is 1.71. The Morgan fingerprint density at radius 2 is 2.00 bits per heavy atom. The maximum atomic E-state index is 12.6. The van der Waals surface area contributed by atoms with Crippen LogP contribution in [0.5, 0.6) is 0 Å². The zero-order valence-corrected chi connectivity index (χ0v) is 11.6. The molecule has 0 saturated heterocycles. The van der Waals surface area contributed by atoms with Gasteiger partial charge in [0.25, 0.3) is 0 Å². The second-order valence-corrected chi connectivity index (χ2v) is 4.26. The smallest absolute Gasteiger partial charge is 0.396 e. The number of aliphatic hydroxyl groups is 1. The van der Waals surface area contributed by atoms with Crippen molar-refractivity contribution < 1.29 is 27.6 Å². The summed E-state index contributed by atoms with van der Waals surface area (Å²) in [4.78, 5) is 4.83. The summed E-state index contributed by atoms with van der Waals surface area (Å²) in [6, 6.07) is 4.42. The largest absolute Gasteiger partial charge is 0.416 e. The second-order valence-electron chi connectivity index (χ2n) is 4.26. The molecule has 0 saturated carbocycles. The van der Waals surface area contributed by atoms with Gasteiger partial charge in [-0.05, 0) is 19.1 Å². The minimum atomic E-state index is -4.41. The lowest BCUT2D eigenvalue weighted by atomic mass is 10.1. The lowest BCUT2D eigenvalue weighted by molar-refractivity contribution is -0.137. The quantitative estimate of drug-likeness (QED) is 0.679. The van der Waals surface area contributed by atoms with Gasteiger partial charge in [0.1, 0.15) is 12.3 Å². The van der Waals surface area contributed by atoms with Gasteiger partial charge in [-0.2, -0.15) is 13.2 Å². The van der Waals surface area contributed by atoms with Crippen LogP contribution < -0.4 is 0 Å². The highest BCUT2D eigenvalue weighted by Gasteiger charge is 2.30. The first-order valence-corrected chi connectivity index (χ1v) is 6.39. The van der Waals surface area contributed by atoms with Crippen molar-refractivity contribution in [2.75, 3.05) is 6.61 Å². The fourth-order valence-electron chi connectivity index (χ4n) is 1.76. The summed E-state index contributed by atoms with van der Waals surface area (Å²) in [6.07, 6.45) is -3.10. The van der Waals surface area contributed by atoms with Crippen LogP contribution in [0.15, 0.2) is 33.9 Å². The number of alkyl halides is 3. The molecular formula is C14H13F3N2O3. The SMILES string of the molecule is CCO/N=C/c1c(CO)noc1-c1ccc(C(F)(F)F)cc1. The van der Waals surface area contributed by atoms with E-state index in [9.17, 15) is 18.3 Å². The molecule has 0 fully saturated rings. The fourth-order valence-corrected chi connectivity index (χ4v) is 1.76. The van der Waals surface area contributed by atoms with Gasteiger partial charge in [-0.1, -0.05) is 22.4 Å². The Labute approximate surface area is 124 Å². The molecule has 118 valence electrons. The average molecular weight is 314 g/mol. The van der Waals surface area contributed by atoms with Crippen LogP contribution in [0, 0.1) is 0 Å². The van der Waals surface area contributed by atoms with E-state index >= 15 is 0 Å². The van der Waals surface area contributed by atoms with Crippen LogP contribution in [0.3, 0.4) is 0 Å². The van der Waals surface area contributed by atoms with Crippen LogP contribution in [-0.2, 0) is 17.6 Å². The van der Waals surface area contributed by atoms with Crippen LogP contribution in [0.25, 0.3) is 11.3 Å². The molecule has 22 heavy (non-hydrogen) atoms. The standard InChI is InChI=1S/C14H13F3N2O3/c1-2-21-18-7-11-12(8-20)19-22-13(11)9-3-5-10(6-4-9)14(15,16)17/h3-7,20H,2,8H2,1H3/b18-7+. The highest BCUT2D eigenvalue weighted by Crippen LogP contribution is 2.32. The number of benzene rings is 1. The molecule has 5 nitrogen and oxygen atoms in total. The number of halogens is 3. The Morgan fingerprint density at radius 3 is 2.55 bits per heavy atom. The summed E-state index contributed by atoms with van der Waals surface area (Å²) in [7, 11) is 0. The molecule has 0 amide bonds. The minimum Gasteiger partial charge on any atom is -0.396 e. The number of hydrogen-bond acceptors (Lipinski definition) is 5. The third kappa shape index (κ3) is 3.45. The van der Waals surface area contributed by atoms with E-state index < -0.39 is 18.3 Å². The number of nitrogens with zero attached hydrogens (tertiary/aromatic N) is 2. The van der Waals surface area contributed by atoms with Crippen molar-refractivity contribution in [1.29, 1.82) is 0 Å². The topological polar surface area (TPSA) is 67.8 Å². The number of aliphatic hydroxyl groups excluding tert-OH is 1. The van der Waals surface area contributed by atoms with Crippen molar-refractivity contribution in [3.05, 3.63) is 41.1 Å². The van der Waals surface area contributed by atoms with E-state index in [0.29, 0.717) is 17.7 Å².